The molecular formula is C22H22N2O6S. The number of carbonyl (C=O) groups excluding carboxylic acids is 3. The number of thioether (sulfide) groups is 1. The third kappa shape index (κ3) is 5.00. The first kappa shape index (κ1) is 22.2. The Morgan fingerprint density at radius 1 is 1.13 bits per heavy atom. The van der Waals surface area contributed by atoms with E-state index >= 15 is 0 Å². The van der Waals surface area contributed by atoms with Crippen molar-refractivity contribution in [2.45, 2.75) is 13.3 Å². The molecule has 0 unspecified atom stereocenters. The molecule has 1 heterocycles. The van der Waals surface area contributed by atoms with Gasteiger partial charge in [0.15, 0.2) is 11.5 Å². The summed E-state index contributed by atoms with van der Waals surface area (Å²) in [7, 11) is 2.78. The number of aryl methyl sites for hydroxylation is 1. The summed E-state index contributed by atoms with van der Waals surface area (Å²) in [5, 5.41) is 12.2. The van der Waals surface area contributed by atoms with Gasteiger partial charge in [0.05, 0.1) is 19.1 Å². The summed E-state index contributed by atoms with van der Waals surface area (Å²) >= 11 is 0.735. The number of nitrogens with one attached hydrogen (secondary N) is 1. The van der Waals surface area contributed by atoms with Gasteiger partial charge in [-0.2, -0.15) is 0 Å². The molecule has 0 aliphatic carbocycles. The summed E-state index contributed by atoms with van der Waals surface area (Å²) in [5.74, 6) is -0.881. The highest BCUT2D eigenvalue weighted by Crippen LogP contribution is 2.39. The Kier molecular flexibility index (Phi) is 6.86. The van der Waals surface area contributed by atoms with Crippen molar-refractivity contribution < 1.29 is 29.0 Å². The Hall–Kier alpha value is -3.46. The van der Waals surface area contributed by atoms with E-state index in [1.54, 1.807) is 12.1 Å². The lowest BCUT2D eigenvalue weighted by Crippen LogP contribution is -2.36. The highest BCUT2D eigenvalue weighted by Gasteiger charge is 2.36. The van der Waals surface area contributed by atoms with Gasteiger partial charge in [-0.15, -0.1) is 0 Å². The van der Waals surface area contributed by atoms with Crippen LogP contribution in [0.4, 0.5) is 10.5 Å². The number of ether oxygens (including phenoxy) is 2. The number of rotatable bonds is 7. The zero-order valence-corrected chi connectivity index (χ0v) is 18.1. The predicted molar refractivity (Wildman–Crippen MR) is 118 cm³/mol. The molecule has 162 valence electrons. The van der Waals surface area contributed by atoms with Crippen LogP contribution in [0.2, 0.25) is 0 Å². The van der Waals surface area contributed by atoms with Crippen LogP contribution in [0.3, 0.4) is 0 Å². The van der Waals surface area contributed by atoms with E-state index in [4.69, 9.17) is 9.47 Å². The molecule has 0 atom stereocenters. The van der Waals surface area contributed by atoms with Crippen LogP contribution in [-0.4, -0.2) is 47.8 Å². The summed E-state index contributed by atoms with van der Waals surface area (Å²) in [6, 6.07) is 10.4. The molecule has 31 heavy (non-hydrogen) atoms. The average molecular weight is 442 g/mol. The van der Waals surface area contributed by atoms with Crippen molar-refractivity contribution >= 4 is 40.6 Å². The van der Waals surface area contributed by atoms with Crippen LogP contribution in [0.5, 0.6) is 17.2 Å². The number of carbonyl (C=O) groups is 3. The highest BCUT2D eigenvalue weighted by molar-refractivity contribution is 8.18. The molecule has 3 amide bonds. The molecule has 3 rings (SSSR count). The Balaban J connectivity index is 1.73. The molecule has 9 heteroatoms. The molecule has 0 saturated carbocycles. The fourth-order valence-corrected chi connectivity index (χ4v) is 3.79. The number of aromatic hydroxyl groups is 1. The summed E-state index contributed by atoms with van der Waals surface area (Å²) in [6.45, 7) is 1.64. The van der Waals surface area contributed by atoms with Crippen molar-refractivity contribution in [1.29, 1.82) is 0 Å². The molecule has 0 bridgehead atoms. The van der Waals surface area contributed by atoms with Crippen LogP contribution in [0.25, 0.3) is 6.08 Å². The van der Waals surface area contributed by atoms with Crippen LogP contribution < -0.4 is 14.8 Å². The van der Waals surface area contributed by atoms with Crippen molar-refractivity contribution in [2.75, 3.05) is 26.1 Å². The number of phenolic OH excluding ortho intramolecular Hbond substituents is 1. The number of methoxy groups -OCH3 is 2. The number of amides is 3. The molecule has 0 radical (unpaired) electrons. The molecule has 0 spiro atoms. The normalized spacial score (nSPS) is 14.8. The first-order chi connectivity index (χ1) is 14.9. The molecule has 1 aliphatic heterocycles. The minimum Gasteiger partial charge on any atom is -0.502 e. The number of hydrogen-bond donors (Lipinski definition) is 2. The smallest absolute Gasteiger partial charge is 0.294 e. The van der Waals surface area contributed by atoms with E-state index < -0.39 is 17.1 Å². The maximum atomic E-state index is 12.7. The van der Waals surface area contributed by atoms with Gasteiger partial charge in [0.1, 0.15) is 6.54 Å². The van der Waals surface area contributed by atoms with Gasteiger partial charge in [0, 0.05) is 5.69 Å². The van der Waals surface area contributed by atoms with Gasteiger partial charge in [-0.3, -0.25) is 19.3 Å². The van der Waals surface area contributed by atoms with Crippen molar-refractivity contribution in [1.82, 2.24) is 4.90 Å². The van der Waals surface area contributed by atoms with Gasteiger partial charge in [0.2, 0.25) is 11.7 Å². The first-order valence-electron chi connectivity index (χ1n) is 9.45. The van der Waals surface area contributed by atoms with E-state index in [-0.39, 0.29) is 28.7 Å². The van der Waals surface area contributed by atoms with Crippen LogP contribution in [-0.2, 0) is 16.0 Å². The highest BCUT2D eigenvalue weighted by atomic mass is 32.2. The Morgan fingerprint density at radius 2 is 1.74 bits per heavy atom. The zero-order chi connectivity index (χ0) is 22.5. The van der Waals surface area contributed by atoms with Crippen LogP contribution >= 0.6 is 11.8 Å². The second-order valence-corrected chi connectivity index (χ2v) is 7.63. The lowest BCUT2D eigenvalue weighted by atomic mass is 10.1. The zero-order valence-electron chi connectivity index (χ0n) is 17.3. The third-order valence-corrected chi connectivity index (χ3v) is 5.53. The fourth-order valence-electron chi connectivity index (χ4n) is 2.95. The number of benzene rings is 2. The molecule has 2 aromatic carbocycles. The molecule has 2 N–H and O–H groups in total. The lowest BCUT2D eigenvalue weighted by Gasteiger charge is -2.12. The molecule has 1 saturated heterocycles. The van der Waals surface area contributed by atoms with Gasteiger partial charge in [-0.1, -0.05) is 19.1 Å². The van der Waals surface area contributed by atoms with E-state index in [1.807, 2.05) is 19.1 Å². The monoisotopic (exact) mass is 442 g/mol. The second kappa shape index (κ2) is 9.57. The Morgan fingerprint density at radius 3 is 2.29 bits per heavy atom. The summed E-state index contributed by atoms with van der Waals surface area (Å²) < 4.78 is 10.2. The van der Waals surface area contributed by atoms with Crippen molar-refractivity contribution in [2.24, 2.45) is 0 Å². The number of phenols is 1. The SMILES string of the molecule is CCc1ccc(NC(=O)CN2C(=O)S/C(=C/c3cc(OC)c(O)c(OC)c3)C2=O)cc1. The summed E-state index contributed by atoms with van der Waals surface area (Å²) in [4.78, 5) is 38.4. The fraction of sp³-hybridized carbons (Fsp3) is 0.227. The lowest BCUT2D eigenvalue weighted by molar-refractivity contribution is -0.127. The molecule has 0 aromatic heterocycles. The van der Waals surface area contributed by atoms with Crippen LogP contribution in [0, 0.1) is 0 Å². The minimum absolute atomic E-state index is 0.153. The topological polar surface area (TPSA) is 105 Å². The number of imide groups is 1. The maximum absolute atomic E-state index is 12.7. The molecule has 1 aliphatic rings. The Labute approximate surface area is 183 Å². The van der Waals surface area contributed by atoms with Gasteiger partial charge in [0.25, 0.3) is 11.1 Å². The first-order valence-corrected chi connectivity index (χ1v) is 10.3. The molecular weight excluding hydrogens is 420 g/mol. The van der Waals surface area contributed by atoms with Crippen molar-refractivity contribution in [3.05, 3.63) is 52.4 Å². The number of nitrogens with zero attached hydrogens (tertiary/aromatic N) is 1. The van der Waals surface area contributed by atoms with Crippen LogP contribution in [0.15, 0.2) is 41.3 Å². The van der Waals surface area contributed by atoms with E-state index in [1.165, 1.54) is 32.4 Å². The largest absolute Gasteiger partial charge is 0.502 e. The third-order valence-electron chi connectivity index (χ3n) is 4.62. The van der Waals surface area contributed by atoms with Gasteiger partial charge < -0.3 is 19.9 Å². The summed E-state index contributed by atoms with van der Waals surface area (Å²) in [5.41, 5.74) is 2.22. The Bertz CT molecular complexity index is 1020. The van der Waals surface area contributed by atoms with E-state index in [9.17, 15) is 19.5 Å². The van der Waals surface area contributed by atoms with E-state index in [2.05, 4.69) is 5.32 Å². The standard InChI is InChI=1S/C22H22N2O6S/c1-4-13-5-7-15(8-6-13)23-19(25)12-24-21(27)18(31-22(24)28)11-14-9-16(29-2)20(26)17(10-14)30-3/h5-11,26H,4,12H2,1-3H3,(H,23,25)/b18-11+. The maximum Gasteiger partial charge on any atom is 0.294 e. The average Bonchev–Trinajstić information content (AvgIpc) is 3.02. The summed E-state index contributed by atoms with van der Waals surface area (Å²) in [6.07, 6.45) is 2.37. The second-order valence-electron chi connectivity index (χ2n) is 6.64. The molecule has 1 fully saturated rings. The quantitative estimate of drug-likeness (QED) is 0.631. The minimum atomic E-state index is -0.572. The molecule has 8 nitrogen and oxygen atoms in total. The van der Waals surface area contributed by atoms with E-state index in [0.717, 1.165) is 28.6 Å². The predicted octanol–water partition coefficient (Wildman–Crippen LogP) is 3.65. The molecule has 2 aromatic rings. The van der Waals surface area contributed by atoms with Gasteiger partial charge in [-0.25, -0.2) is 0 Å². The van der Waals surface area contributed by atoms with Crippen LogP contribution in [0.1, 0.15) is 18.1 Å². The van der Waals surface area contributed by atoms with Gasteiger partial charge in [-0.05, 0) is 59.7 Å². The number of hydrogen-bond acceptors (Lipinski definition) is 7. The number of anilines is 1. The van der Waals surface area contributed by atoms with Gasteiger partial charge >= 0.3 is 0 Å². The van der Waals surface area contributed by atoms with Crippen molar-refractivity contribution in [3.63, 3.8) is 0 Å². The van der Waals surface area contributed by atoms with E-state index in [0.29, 0.717) is 11.3 Å². The van der Waals surface area contributed by atoms with Crippen molar-refractivity contribution in [3.8, 4) is 17.2 Å².